The first kappa shape index (κ1) is 17.9. The van der Waals surface area contributed by atoms with Crippen molar-refractivity contribution < 1.29 is 10.0 Å². The van der Waals surface area contributed by atoms with Gasteiger partial charge in [0.1, 0.15) is 0 Å². The fourth-order valence-electron chi connectivity index (χ4n) is 3.03. The maximum absolute atomic E-state index is 12.3. The SMILES string of the molecule is Cl.O=C1CCCC(Nc2ccccc2)=C1CN1CCN(O)CC1. The lowest BCUT2D eigenvalue weighted by Crippen LogP contribution is -2.46. The number of nitrogens with zero attached hydrogens (tertiary/aromatic N) is 2. The maximum Gasteiger partial charge on any atom is 0.161 e. The zero-order valence-electron chi connectivity index (χ0n) is 13.2. The fourth-order valence-corrected chi connectivity index (χ4v) is 3.03. The lowest BCUT2D eigenvalue weighted by atomic mass is 9.94. The van der Waals surface area contributed by atoms with Crippen molar-refractivity contribution in [2.45, 2.75) is 19.3 Å². The molecule has 3 rings (SSSR count). The van der Waals surface area contributed by atoms with E-state index in [1.54, 1.807) is 0 Å². The molecule has 0 saturated carbocycles. The number of hydrogen-bond acceptors (Lipinski definition) is 5. The summed E-state index contributed by atoms with van der Waals surface area (Å²) in [7, 11) is 0. The van der Waals surface area contributed by atoms with Crippen molar-refractivity contribution in [1.29, 1.82) is 0 Å². The molecular weight excluding hydrogens is 314 g/mol. The zero-order chi connectivity index (χ0) is 15.4. The van der Waals surface area contributed by atoms with Crippen LogP contribution in [0.25, 0.3) is 0 Å². The summed E-state index contributed by atoms with van der Waals surface area (Å²) in [4.78, 5) is 14.6. The lowest BCUT2D eigenvalue weighted by molar-refractivity contribution is -0.119. The second kappa shape index (κ2) is 8.45. The number of nitrogens with one attached hydrogen (secondary N) is 1. The van der Waals surface area contributed by atoms with E-state index < -0.39 is 0 Å². The van der Waals surface area contributed by atoms with Crippen LogP contribution in [0.2, 0.25) is 0 Å². The minimum absolute atomic E-state index is 0. The molecule has 0 aromatic heterocycles. The van der Waals surface area contributed by atoms with Gasteiger partial charge in [-0.25, -0.2) is 0 Å². The molecule has 0 spiro atoms. The Morgan fingerprint density at radius 2 is 1.74 bits per heavy atom. The Morgan fingerprint density at radius 1 is 1.04 bits per heavy atom. The molecule has 23 heavy (non-hydrogen) atoms. The van der Waals surface area contributed by atoms with E-state index >= 15 is 0 Å². The van der Waals surface area contributed by atoms with Crippen LogP contribution in [0.5, 0.6) is 0 Å². The molecule has 2 N–H and O–H groups in total. The van der Waals surface area contributed by atoms with Crippen LogP contribution in [-0.4, -0.2) is 53.7 Å². The van der Waals surface area contributed by atoms with Gasteiger partial charge in [-0.15, -0.1) is 12.4 Å². The Labute approximate surface area is 143 Å². The Morgan fingerprint density at radius 3 is 2.43 bits per heavy atom. The van der Waals surface area contributed by atoms with Crippen molar-refractivity contribution in [1.82, 2.24) is 9.96 Å². The number of carbonyl (C=O) groups excluding carboxylic acids is 1. The molecule has 1 fully saturated rings. The molecule has 1 heterocycles. The van der Waals surface area contributed by atoms with Crippen LogP contribution in [0.1, 0.15) is 19.3 Å². The molecule has 0 unspecified atom stereocenters. The van der Waals surface area contributed by atoms with Gasteiger partial charge in [0.05, 0.1) is 0 Å². The van der Waals surface area contributed by atoms with E-state index in [1.807, 2.05) is 30.3 Å². The Kier molecular flexibility index (Phi) is 6.59. The zero-order valence-corrected chi connectivity index (χ0v) is 14.0. The lowest BCUT2D eigenvalue weighted by Gasteiger charge is -2.33. The number of piperazine rings is 1. The number of benzene rings is 1. The number of hydroxylamine groups is 2. The van der Waals surface area contributed by atoms with E-state index in [2.05, 4.69) is 10.2 Å². The summed E-state index contributed by atoms with van der Waals surface area (Å²) in [5.41, 5.74) is 3.01. The molecule has 1 aromatic carbocycles. The van der Waals surface area contributed by atoms with Crippen LogP contribution >= 0.6 is 12.4 Å². The molecule has 0 atom stereocenters. The predicted octanol–water partition coefficient (Wildman–Crippen LogP) is 2.53. The first-order chi connectivity index (χ1) is 10.7. The van der Waals surface area contributed by atoms with Crippen molar-refractivity contribution in [2.24, 2.45) is 0 Å². The summed E-state index contributed by atoms with van der Waals surface area (Å²) >= 11 is 0. The summed E-state index contributed by atoms with van der Waals surface area (Å²) in [5.74, 6) is 0.260. The molecule has 0 radical (unpaired) electrons. The quantitative estimate of drug-likeness (QED) is 0.884. The van der Waals surface area contributed by atoms with Crippen LogP contribution < -0.4 is 5.32 Å². The van der Waals surface area contributed by atoms with Gasteiger partial charge in [0.15, 0.2) is 5.78 Å². The van der Waals surface area contributed by atoms with Gasteiger partial charge in [0.25, 0.3) is 0 Å². The average Bonchev–Trinajstić information content (AvgIpc) is 2.54. The minimum atomic E-state index is 0. The monoisotopic (exact) mass is 337 g/mol. The first-order valence-electron chi connectivity index (χ1n) is 7.96. The highest BCUT2D eigenvalue weighted by molar-refractivity contribution is 5.97. The molecule has 0 amide bonds. The largest absolute Gasteiger partial charge is 0.359 e. The van der Waals surface area contributed by atoms with Crippen LogP contribution in [0, 0.1) is 0 Å². The van der Waals surface area contributed by atoms with E-state index in [-0.39, 0.29) is 18.2 Å². The van der Waals surface area contributed by atoms with E-state index in [4.69, 9.17) is 0 Å². The molecule has 2 aliphatic rings. The molecule has 6 heteroatoms. The number of para-hydroxylation sites is 1. The number of halogens is 1. The predicted molar refractivity (Wildman–Crippen MR) is 93.0 cm³/mol. The smallest absolute Gasteiger partial charge is 0.161 e. The fraction of sp³-hybridized carbons (Fsp3) is 0.471. The summed E-state index contributed by atoms with van der Waals surface area (Å²) in [6, 6.07) is 10.0. The molecule has 1 saturated heterocycles. The first-order valence-corrected chi connectivity index (χ1v) is 7.96. The number of Topliss-reactive ketones (excluding diaryl/α,β-unsaturated/α-hetero) is 1. The molecule has 1 aliphatic carbocycles. The molecule has 0 bridgehead atoms. The van der Waals surface area contributed by atoms with Gasteiger partial charge in [-0.2, -0.15) is 5.06 Å². The van der Waals surface area contributed by atoms with Crippen molar-refractivity contribution in [3.63, 3.8) is 0 Å². The molecule has 1 aliphatic heterocycles. The highest BCUT2D eigenvalue weighted by Crippen LogP contribution is 2.25. The third-order valence-corrected chi connectivity index (χ3v) is 4.33. The highest BCUT2D eigenvalue weighted by atomic mass is 35.5. The number of hydrogen-bond donors (Lipinski definition) is 2. The number of ketones is 1. The van der Waals surface area contributed by atoms with Gasteiger partial charge in [0, 0.05) is 56.1 Å². The minimum Gasteiger partial charge on any atom is -0.359 e. The van der Waals surface area contributed by atoms with E-state index in [1.165, 1.54) is 5.06 Å². The van der Waals surface area contributed by atoms with Crippen molar-refractivity contribution in [2.75, 3.05) is 38.0 Å². The summed E-state index contributed by atoms with van der Waals surface area (Å²) < 4.78 is 0. The van der Waals surface area contributed by atoms with Gasteiger partial charge in [-0.3, -0.25) is 9.69 Å². The van der Waals surface area contributed by atoms with Gasteiger partial charge < -0.3 is 10.5 Å². The number of rotatable bonds is 4. The topological polar surface area (TPSA) is 55.8 Å². The van der Waals surface area contributed by atoms with Gasteiger partial charge >= 0.3 is 0 Å². The summed E-state index contributed by atoms with van der Waals surface area (Å²) in [6.45, 7) is 3.56. The molecule has 126 valence electrons. The van der Waals surface area contributed by atoms with Gasteiger partial charge in [0.2, 0.25) is 0 Å². The second-order valence-corrected chi connectivity index (χ2v) is 5.95. The summed E-state index contributed by atoms with van der Waals surface area (Å²) in [5, 5.41) is 14.2. The van der Waals surface area contributed by atoms with Crippen LogP contribution in [0.15, 0.2) is 41.6 Å². The number of allylic oxidation sites excluding steroid dienone is 1. The van der Waals surface area contributed by atoms with Crippen molar-refractivity contribution in [3.05, 3.63) is 41.6 Å². The van der Waals surface area contributed by atoms with Crippen LogP contribution in [0.4, 0.5) is 5.69 Å². The van der Waals surface area contributed by atoms with Crippen LogP contribution in [0.3, 0.4) is 0 Å². The molecule has 5 nitrogen and oxygen atoms in total. The third kappa shape index (κ3) is 4.78. The van der Waals surface area contributed by atoms with E-state index in [0.29, 0.717) is 26.1 Å². The molecule has 1 aromatic rings. The normalized spacial score (nSPS) is 20.3. The Hall–Kier alpha value is -1.40. The highest BCUT2D eigenvalue weighted by Gasteiger charge is 2.24. The van der Waals surface area contributed by atoms with Crippen molar-refractivity contribution >= 4 is 23.9 Å². The maximum atomic E-state index is 12.3. The van der Waals surface area contributed by atoms with Gasteiger partial charge in [-0.1, -0.05) is 18.2 Å². The van der Waals surface area contributed by atoms with Crippen LogP contribution in [-0.2, 0) is 4.79 Å². The van der Waals surface area contributed by atoms with Gasteiger partial charge in [-0.05, 0) is 25.0 Å². The Bertz CT molecular complexity index is 554. The van der Waals surface area contributed by atoms with Crippen molar-refractivity contribution in [3.8, 4) is 0 Å². The standard InChI is InChI=1S/C17H23N3O2.ClH/c21-17-8-4-7-16(18-14-5-2-1-3-6-14)15(17)13-19-9-11-20(22)12-10-19;/h1-3,5-6,18,22H,4,7-13H2;1H. The third-order valence-electron chi connectivity index (χ3n) is 4.33. The molecular formula is C17H24ClN3O2. The number of carbonyl (C=O) groups is 1. The average molecular weight is 338 g/mol. The summed E-state index contributed by atoms with van der Waals surface area (Å²) in [6.07, 6.45) is 2.49. The van der Waals surface area contributed by atoms with E-state index in [9.17, 15) is 10.0 Å². The Balaban J connectivity index is 0.00000192. The second-order valence-electron chi connectivity index (χ2n) is 5.95. The number of anilines is 1. The van der Waals surface area contributed by atoms with E-state index in [0.717, 1.165) is 42.9 Å².